The molecule has 0 radical (unpaired) electrons. The summed E-state index contributed by atoms with van der Waals surface area (Å²) in [4.78, 5) is 0. The molecule has 4 heterocycles. The highest BCUT2D eigenvalue weighted by atomic mass is 127. The van der Waals surface area contributed by atoms with Crippen molar-refractivity contribution < 1.29 is 4.42 Å². The zero-order chi connectivity index (χ0) is 22.1. The number of furan rings is 1. The average Bonchev–Trinajstić information content (AvgIpc) is 3.48. The second-order valence-corrected chi connectivity index (χ2v) is 10.1. The first kappa shape index (κ1) is 17.7. The number of para-hydroxylation sites is 2. The second-order valence-electron chi connectivity index (χ2n) is 9.12. The molecular formula is C30H15IN2O. The lowest BCUT2D eigenvalue weighted by Gasteiger charge is -2.03. The molecular weight excluding hydrogens is 531 g/mol. The fraction of sp³-hybridized carbons (Fsp3) is 0. The van der Waals surface area contributed by atoms with Crippen molar-refractivity contribution in [1.82, 2.24) is 7.18 Å². The third kappa shape index (κ3) is 1.85. The highest BCUT2D eigenvalue weighted by Crippen LogP contribution is 2.45. The second kappa shape index (κ2) is 5.83. The van der Waals surface area contributed by atoms with Gasteiger partial charge >= 0.3 is 0 Å². The summed E-state index contributed by atoms with van der Waals surface area (Å²) < 4.78 is 11.1. The Morgan fingerprint density at radius 3 is 2.03 bits per heavy atom. The Hall–Kier alpha value is -3.77. The molecule has 0 amide bonds. The number of aromatic nitrogens is 2. The van der Waals surface area contributed by atoms with Gasteiger partial charge in [-0.2, -0.15) is 0 Å². The zero-order valence-corrected chi connectivity index (χ0v) is 20.0. The molecule has 0 N–H and O–H groups in total. The first-order valence-electron chi connectivity index (χ1n) is 11.4. The molecule has 0 fully saturated rings. The SMILES string of the molecule is In1c2cccc3c4cccc5c6ccc7oc8ccccc8c7c6n(c6cccc1c6c32)c45. The maximum absolute atomic E-state index is 6.31. The lowest BCUT2D eigenvalue weighted by atomic mass is 10.0. The molecule has 5 aromatic carbocycles. The number of nitrogens with zero attached hydrogens (tertiary/aromatic N) is 2. The van der Waals surface area contributed by atoms with Crippen molar-refractivity contribution >= 4 is 105 Å². The molecule has 0 bridgehead atoms. The quantitative estimate of drug-likeness (QED) is 0.174. The molecule has 4 heteroatoms. The van der Waals surface area contributed by atoms with Crippen LogP contribution in [0.4, 0.5) is 0 Å². The molecule has 0 unspecified atom stereocenters. The van der Waals surface area contributed by atoms with Crippen LogP contribution in [0.5, 0.6) is 0 Å². The number of hydrogen-bond acceptors (Lipinski definition) is 1. The van der Waals surface area contributed by atoms with E-state index in [4.69, 9.17) is 4.42 Å². The van der Waals surface area contributed by atoms with E-state index in [1.54, 1.807) is 0 Å². The number of hydrogen-bond donors (Lipinski definition) is 0. The van der Waals surface area contributed by atoms with Crippen LogP contribution in [0.25, 0.3) is 81.8 Å². The summed E-state index contributed by atoms with van der Waals surface area (Å²) in [6.07, 6.45) is 0. The Labute approximate surface area is 206 Å². The van der Waals surface area contributed by atoms with Crippen molar-refractivity contribution in [2.24, 2.45) is 0 Å². The maximum Gasteiger partial charge on any atom is 0.137 e. The van der Waals surface area contributed by atoms with Crippen molar-refractivity contribution in [3.8, 4) is 0 Å². The normalized spacial score (nSPS) is 12.9. The Kier molecular flexibility index (Phi) is 3.03. The molecule has 3 nitrogen and oxygen atoms in total. The van der Waals surface area contributed by atoms with Gasteiger partial charge in [0.15, 0.2) is 0 Å². The summed E-state index contributed by atoms with van der Waals surface area (Å²) in [7, 11) is 0. The minimum absolute atomic E-state index is 0.930. The van der Waals surface area contributed by atoms with E-state index in [0.717, 1.165) is 16.6 Å². The Morgan fingerprint density at radius 1 is 0.471 bits per heavy atom. The lowest BCUT2D eigenvalue weighted by Crippen LogP contribution is -1.86. The topological polar surface area (TPSA) is 22.5 Å². The number of rotatable bonds is 0. The van der Waals surface area contributed by atoms with Gasteiger partial charge in [-0.25, -0.2) is 0 Å². The van der Waals surface area contributed by atoms with Gasteiger partial charge in [-0.05, 0) is 41.8 Å². The van der Waals surface area contributed by atoms with Gasteiger partial charge in [0.2, 0.25) is 0 Å². The Balaban J connectivity index is 1.78. The molecule has 34 heavy (non-hydrogen) atoms. The van der Waals surface area contributed by atoms with Crippen molar-refractivity contribution in [2.75, 3.05) is 0 Å². The Morgan fingerprint density at radius 2 is 1.12 bits per heavy atom. The molecule has 0 aliphatic carbocycles. The lowest BCUT2D eigenvalue weighted by molar-refractivity contribution is 0.669. The predicted molar refractivity (Wildman–Crippen MR) is 151 cm³/mol. The van der Waals surface area contributed by atoms with Crippen LogP contribution in [-0.4, -0.2) is 7.18 Å². The fourth-order valence-electron chi connectivity index (χ4n) is 6.28. The Bertz CT molecular complexity index is 2300. The van der Waals surface area contributed by atoms with Crippen LogP contribution in [-0.2, 0) is 0 Å². The molecule has 0 saturated carbocycles. The minimum Gasteiger partial charge on any atom is -0.456 e. The molecule has 158 valence electrons. The summed E-state index contributed by atoms with van der Waals surface area (Å²) in [5.41, 5.74) is 8.08. The smallest absolute Gasteiger partial charge is 0.137 e. The third-order valence-electron chi connectivity index (χ3n) is 7.56. The molecule has 0 spiro atoms. The van der Waals surface area contributed by atoms with Gasteiger partial charge in [-0.1, -0.05) is 54.6 Å². The van der Waals surface area contributed by atoms with Gasteiger partial charge in [0.05, 0.1) is 55.8 Å². The van der Waals surface area contributed by atoms with Crippen LogP contribution < -0.4 is 0 Å². The molecule has 0 saturated heterocycles. The summed E-state index contributed by atoms with van der Waals surface area (Å²) in [5, 5.41) is 10.1. The third-order valence-corrected chi connectivity index (χ3v) is 8.60. The molecule has 0 aliphatic heterocycles. The van der Waals surface area contributed by atoms with E-state index in [2.05, 4.69) is 115 Å². The molecule has 0 aliphatic rings. The largest absolute Gasteiger partial charge is 0.456 e. The van der Waals surface area contributed by atoms with E-state index in [1.807, 2.05) is 6.07 Å². The summed E-state index contributed by atoms with van der Waals surface area (Å²) >= 11 is 2.45. The molecule has 4 aromatic heterocycles. The van der Waals surface area contributed by atoms with E-state index in [9.17, 15) is 0 Å². The van der Waals surface area contributed by atoms with Gasteiger partial charge < -0.3 is 8.82 Å². The van der Waals surface area contributed by atoms with Crippen LogP contribution in [0, 0.1) is 0 Å². The van der Waals surface area contributed by atoms with Gasteiger partial charge in [-0.15, -0.1) is 0 Å². The van der Waals surface area contributed by atoms with Crippen LogP contribution in [0.2, 0.25) is 0 Å². The van der Waals surface area contributed by atoms with Crippen molar-refractivity contribution in [3.63, 3.8) is 0 Å². The van der Waals surface area contributed by atoms with Crippen molar-refractivity contribution in [2.45, 2.75) is 0 Å². The molecule has 9 aromatic rings. The monoisotopic (exact) mass is 546 g/mol. The number of halogens is 1. The zero-order valence-electron chi connectivity index (χ0n) is 17.8. The van der Waals surface area contributed by atoms with Crippen molar-refractivity contribution in [3.05, 3.63) is 91.0 Å². The van der Waals surface area contributed by atoms with Gasteiger partial charge in [0, 0.05) is 32.3 Å². The number of fused-ring (bicyclic) bond motifs is 9. The highest BCUT2D eigenvalue weighted by molar-refractivity contribution is 14.1. The van der Waals surface area contributed by atoms with E-state index in [1.165, 1.54) is 65.3 Å². The summed E-state index contributed by atoms with van der Waals surface area (Å²) in [5.74, 6) is 0. The predicted octanol–water partition coefficient (Wildman–Crippen LogP) is 9.04. The van der Waals surface area contributed by atoms with Crippen LogP contribution in [0.3, 0.4) is 0 Å². The van der Waals surface area contributed by atoms with Gasteiger partial charge in [0.1, 0.15) is 11.2 Å². The minimum atomic E-state index is 0.930. The highest BCUT2D eigenvalue weighted by Gasteiger charge is 2.22. The maximum atomic E-state index is 6.31. The molecule has 9 rings (SSSR count). The van der Waals surface area contributed by atoms with Crippen LogP contribution >= 0.6 is 22.9 Å². The van der Waals surface area contributed by atoms with Crippen LogP contribution in [0.15, 0.2) is 95.4 Å². The van der Waals surface area contributed by atoms with Gasteiger partial charge in [0.25, 0.3) is 0 Å². The van der Waals surface area contributed by atoms with E-state index in [-0.39, 0.29) is 0 Å². The van der Waals surface area contributed by atoms with Crippen LogP contribution in [0.1, 0.15) is 0 Å². The first-order valence-corrected chi connectivity index (χ1v) is 12.4. The number of benzene rings is 5. The van der Waals surface area contributed by atoms with E-state index >= 15 is 0 Å². The van der Waals surface area contributed by atoms with E-state index < -0.39 is 0 Å². The fourth-order valence-corrected chi connectivity index (χ4v) is 7.08. The van der Waals surface area contributed by atoms with E-state index in [0.29, 0.717) is 0 Å². The first-order chi connectivity index (χ1) is 16.8. The standard InChI is InChI=1S/C30H15IN2O/c31-33-22-11-4-7-16-17-8-3-9-18-19-14-15-25-27(20-6-1-2-13-24(20)34-25)30(19)32(29(17)18)21-10-5-12-23(33)28(21)26(16)22/h1-15H. The van der Waals surface area contributed by atoms with Crippen molar-refractivity contribution in [1.29, 1.82) is 0 Å². The summed E-state index contributed by atoms with van der Waals surface area (Å²) in [6, 6.07) is 32.9. The summed E-state index contributed by atoms with van der Waals surface area (Å²) in [6.45, 7) is 0. The average molecular weight is 546 g/mol. The molecule has 0 atom stereocenters. The van der Waals surface area contributed by atoms with Gasteiger partial charge in [-0.3, -0.25) is 2.78 Å².